The van der Waals surface area contributed by atoms with E-state index in [0.717, 1.165) is 28.6 Å². The van der Waals surface area contributed by atoms with E-state index in [4.69, 9.17) is 9.72 Å². The molecule has 2 saturated heterocycles. The van der Waals surface area contributed by atoms with Gasteiger partial charge >= 0.3 is 0 Å². The lowest BCUT2D eigenvalue weighted by Crippen LogP contribution is -2.49. The Hall–Kier alpha value is -1.55. The Kier molecular flexibility index (Phi) is 5.43. The van der Waals surface area contributed by atoms with Crippen molar-refractivity contribution >= 4 is 42.6 Å². The quantitative estimate of drug-likeness (QED) is 0.738. The van der Waals surface area contributed by atoms with E-state index >= 15 is 0 Å². The number of para-hydroxylation sites is 1. The van der Waals surface area contributed by atoms with Crippen LogP contribution in [0.15, 0.2) is 18.2 Å². The molecule has 1 aromatic heterocycles. The van der Waals surface area contributed by atoms with Crippen molar-refractivity contribution in [1.82, 2.24) is 9.29 Å². The number of hydrogen-bond acceptors (Lipinski definition) is 6. The molecular formula is C19H25N3O4S2. The maximum atomic E-state index is 13.5. The van der Waals surface area contributed by atoms with E-state index in [1.807, 2.05) is 25.1 Å². The molecule has 2 aromatic rings. The van der Waals surface area contributed by atoms with E-state index in [0.29, 0.717) is 37.7 Å². The zero-order valence-corrected chi connectivity index (χ0v) is 17.8. The van der Waals surface area contributed by atoms with Gasteiger partial charge in [0, 0.05) is 13.2 Å². The summed E-state index contributed by atoms with van der Waals surface area (Å²) in [4.78, 5) is 19.9. The van der Waals surface area contributed by atoms with Crippen LogP contribution in [0.25, 0.3) is 10.2 Å². The molecule has 0 radical (unpaired) electrons. The molecule has 0 spiro atoms. The zero-order chi connectivity index (χ0) is 19.9. The number of ether oxygens (including phenoxy) is 1. The van der Waals surface area contributed by atoms with Gasteiger partial charge in [0.05, 0.1) is 29.1 Å². The first kappa shape index (κ1) is 19.8. The fourth-order valence-electron chi connectivity index (χ4n) is 4.01. The summed E-state index contributed by atoms with van der Waals surface area (Å²) in [6.07, 6.45) is 4.24. The number of thiazole rings is 1. The van der Waals surface area contributed by atoms with E-state index in [1.165, 1.54) is 21.9 Å². The first-order valence-corrected chi connectivity index (χ1v) is 12.3. The van der Waals surface area contributed by atoms with Gasteiger partial charge < -0.3 is 4.74 Å². The van der Waals surface area contributed by atoms with Crippen LogP contribution in [-0.2, 0) is 19.6 Å². The normalized spacial score (nSPS) is 23.5. The Labute approximate surface area is 169 Å². The summed E-state index contributed by atoms with van der Waals surface area (Å²) in [6, 6.07) is 5.31. The standard InChI is InChI=1S/C19H25N3O4S2/c1-13-6-3-9-16-17(13)20-19(27-16)21(12-14-7-5-11-26-14)18(23)15-8-4-10-22(15)28(2,24)25/h3,6,9,14-15H,4-5,7-8,10-12H2,1-2H3. The summed E-state index contributed by atoms with van der Waals surface area (Å²) < 4.78 is 32.4. The number of anilines is 1. The maximum Gasteiger partial charge on any atom is 0.247 e. The number of rotatable bonds is 5. The molecule has 2 aliphatic heterocycles. The van der Waals surface area contributed by atoms with Gasteiger partial charge in [0.25, 0.3) is 0 Å². The minimum Gasteiger partial charge on any atom is -0.376 e. The van der Waals surface area contributed by atoms with Gasteiger partial charge in [0.1, 0.15) is 6.04 Å². The third-order valence-corrected chi connectivity index (χ3v) is 7.76. The second-order valence-electron chi connectivity index (χ2n) is 7.53. The van der Waals surface area contributed by atoms with E-state index in [2.05, 4.69) is 0 Å². The number of fused-ring (bicyclic) bond motifs is 1. The molecule has 0 aliphatic carbocycles. The lowest BCUT2D eigenvalue weighted by atomic mass is 10.2. The number of nitrogens with zero attached hydrogens (tertiary/aromatic N) is 3. The van der Waals surface area contributed by atoms with Crippen molar-refractivity contribution < 1.29 is 17.9 Å². The molecule has 2 fully saturated rings. The number of amides is 1. The predicted octanol–water partition coefficient (Wildman–Crippen LogP) is 2.54. The van der Waals surface area contributed by atoms with Gasteiger partial charge in [-0.05, 0) is 44.2 Å². The van der Waals surface area contributed by atoms with Gasteiger partial charge in [-0.25, -0.2) is 13.4 Å². The van der Waals surface area contributed by atoms with Crippen LogP contribution in [0.1, 0.15) is 31.2 Å². The third-order valence-electron chi connectivity index (χ3n) is 5.43. The van der Waals surface area contributed by atoms with Crippen LogP contribution >= 0.6 is 11.3 Å². The molecule has 2 atom stereocenters. The Bertz CT molecular complexity index is 982. The molecule has 3 heterocycles. The highest BCUT2D eigenvalue weighted by molar-refractivity contribution is 7.88. The highest BCUT2D eigenvalue weighted by Gasteiger charge is 2.40. The van der Waals surface area contributed by atoms with Crippen LogP contribution < -0.4 is 4.90 Å². The van der Waals surface area contributed by atoms with Crippen molar-refractivity contribution in [3.63, 3.8) is 0 Å². The van der Waals surface area contributed by atoms with Crippen LogP contribution in [0.2, 0.25) is 0 Å². The highest BCUT2D eigenvalue weighted by Crippen LogP contribution is 2.33. The molecule has 1 aromatic carbocycles. The monoisotopic (exact) mass is 423 g/mol. The largest absolute Gasteiger partial charge is 0.376 e. The van der Waals surface area contributed by atoms with Gasteiger partial charge in [-0.1, -0.05) is 23.5 Å². The van der Waals surface area contributed by atoms with Gasteiger partial charge in [-0.2, -0.15) is 4.31 Å². The van der Waals surface area contributed by atoms with Crippen molar-refractivity contribution in [2.24, 2.45) is 0 Å². The van der Waals surface area contributed by atoms with Crippen LogP contribution in [0.3, 0.4) is 0 Å². The molecule has 7 nitrogen and oxygen atoms in total. The summed E-state index contributed by atoms with van der Waals surface area (Å²) in [5, 5.41) is 0.616. The van der Waals surface area contributed by atoms with Crippen molar-refractivity contribution in [2.75, 3.05) is 30.9 Å². The van der Waals surface area contributed by atoms with E-state index < -0.39 is 16.1 Å². The topological polar surface area (TPSA) is 79.8 Å². The third kappa shape index (κ3) is 3.80. The summed E-state index contributed by atoms with van der Waals surface area (Å²) in [6.45, 7) is 3.50. The lowest BCUT2D eigenvalue weighted by Gasteiger charge is -2.29. The molecule has 28 heavy (non-hydrogen) atoms. The van der Waals surface area contributed by atoms with Crippen LogP contribution in [-0.4, -0.2) is 61.7 Å². The Morgan fingerprint density at radius 1 is 1.36 bits per heavy atom. The van der Waals surface area contributed by atoms with Crippen LogP contribution in [0, 0.1) is 6.92 Å². The average molecular weight is 424 g/mol. The number of carbonyl (C=O) groups is 1. The smallest absolute Gasteiger partial charge is 0.247 e. The molecule has 152 valence electrons. The minimum absolute atomic E-state index is 0.0369. The summed E-state index contributed by atoms with van der Waals surface area (Å²) in [5.74, 6) is -0.199. The molecule has 2 aliphatic rings. The molecule has 2 unspecified atom stereocenters. The van der Waals surface area contributed by atoms with E-state index in [1.54, 1.807) is 4.90 Å². The van der Waals surface area contributed by atoms with Crippen molar-refractivity contribution in [2.45, 2.75) is 44.8 Å². The maximum absolute atomic E-state index is 13.5. The van der Waals surface area contributed by atoms with Crippen LogP contribution in [0.4, 0.5) is 5.13 Å². The van der Waals surface area contributed by atoms with Crippen molar-refractivity contribution in [3.05, 3.63) is 23.8 Å². The Morgan fingerprint density at radius 2 is 2.18 bits per heavy atom. The number of hydrogen-bond donors (Lipinski definition) is 0. The van der Waals surface area contributed by atoms with Crippen LogP contribution in [0.5, 0.6) is 0 Å². The first-order chi connectivity index (χ1) is 13.3. The molecule has 0 bridgehead atoms. The highest BCUT2D eigenvalue weighted by atomic mass is 32.2. The van der Waals surface area contributed by atoms with Gasteiger partial charge in [-0.15, -0.1) is 0 Å². The van der Waals surface area contributed by atoms with Gasteiger partial charge in [0.2, 0.25) is 15.9 Å². The number of sulfonamides is 1. The number of benzene rings is 1. The fourth-order valence-corrected chi connectivity index (χ4v) is 6.18. The Balaban J connectivity index is 1.70. The second kappa shape index (κ2) is 7.70. The minimum atomic E-state index is -3.43. The summed E-state index contributed by atoms with van der Waals surface area (Å²) in [5.41, 5.74) is 1.95. The summed E-state index contributed by atoms with van der Waals surface area (Å²) >= 11 is 1.47. The van der Waals surface area contributed by atoms with Crippen molar-refractivity contribution in [3.8, 4) is 0 Å². The van der Waals surface area contributed by atoms with E-state index in [-0.39, 0.29) is 12.0 Å². The average Bonchev–Trinajstić information content (AvgIpc) is 3.37. The predicted molar refractivity (Wildman–Crippen MR) is 110 cm³/mol. The van der Waals surface area contributed by atoms with E-state index in [9.17, 15) is 13.2 Å². The van der Waals surface area contributed by atoms with Gasteiger partial charge in [0.15, 0.2) is 5.13 Å². The number of carbonyl (C=O) groups excluding carboxylic acids is 1. The second-order valence-corrected chi connectivity index (χ2v) is 10.5. The molecule has 1 amide bonds. The molecule has 0 saturated carbocycles. The molecular weight excluding hydrogens is 398 g/mol. The van der Waals surface area contributed by atoms with Crippen molar-refractivity contribution in [1.29, 1.82) is 0 Å². The zero-order valence-electron chi connectivity index (χ0n) is 16.1. The first-order valence-electron chi connectivity index (χ1n) is 9.60. The summed E-state index contributed by atoms with van der Waals surface area (Å²) in [7, 11) is -3.43. The molecule has 9 heteroatoms. The number of aryl methyl sites for hydroxylation is 1. The number of aromatic nitrogens is 1. The Morgan fingerprint density at radius 3 is 2.86 bits per heavy atom. The fraction of sp³-hybridized carbons (Fsp3) is 0.579. The van der Waals surface area contributed by atoms with Gasteiger partial charge in [-0.3, -0.25) is 9.69 Å². The lowest BCUT2D eigenvalue weighted by molar-refractivity contribution is -0.122. The molecule has 0 N–H and O–H groups in total. The molecule has 4 rings (SSSR count). The SMILES string of the molecule is Cc1cccc2sc(N(CC3CCCO3)C(=O)C3CCCN3S(C)(=O)=O)nc12.